The molecule has 1 saturated heterocycles. The molecule has 2 aliphatic heterocycles. The summed E-state index contributed by atoms with van der Waals surface area (Å²) < 4.78 is 61.2. The van der Waals surface area contributed by atoms with Crippen LogP contribution in [0.4, 0.5) is 28.5 Å². The normalized spacial score (nSPS) is 30.9. The topological polar surface area (TPSA) is 58.9 Å². The fourth-order valence-electron chi connectivity index (χ4n) is 6.84. The second-order valence-electron chi connectivity index (χ2n) is 10.4. The average Bonchev–Trinajstić information content (AvgIpc) is 3.14. The number of nitrogens with zero attached hydrogens (tertiary/aromatic N) is 5. The molecule has 3 unspecified atom stereocenters. The highest BCUT2D eigenvalue weighted by molar-refractivity contribution is 7.10. The lowest BCUT2D eigenvalue weighted by Gasteiger charge is -2.38. The highest BCUT2D eigenvalue weighted by atomic mass is 32.1. The van der Waals surface area contributed by atoms with Crippen LogP contribution in [-0.4, -0.2) is 38.3 Å². The molecule has 1 aromatic carbocycles. The largest absolute Gasteiger partial charge is 0.416 e. The van der Waals surface area contributed by atoms with E-state index in [0.717, 1.165) is 37.0 Å². The van der Waals surface area contributed by atoms with Crippen LogP contribution in [0.15, 0.2) is 24.3 Å². The van der Waals surface area contributed by atoms with Crippen LogP contribution in [0.3, 0.4) is 0 Å². The second kappa shape index (κ2) is 7.18. The molecule has 0 bridgehead atoms. The molecule has 4 aliphatic rings. The smallest absolute Gasteiger partial charge is 0.361 e. The number of alkyl halides is 3. The lowest BCUT2D eigenvalue weighted by atomic mass is 9.71. The van der Waals surface area contributed by atoms with Crippen LogP contribution in [0.5, 0.6) is 0 Å². The number of aryl methyl sites for hydroxylation is 2. The number of rotatable bonds is 4. The first kappa shape index (κ1) is 21.6. The van der Waals surface area contributed by atoms with E-state index in [1.54, 1.807) is 16.2 Å². The van der Waals surface area contributed by atoms with Crippen LogP contribution in [0, 0.1) is 30.0 Å². The van der Waals surface area contributed by atoms with Crippen molar-refractivity contribution in [2.45, 2.75) is 50.9 Å². The third-order valence-corrected chi connectivity index (χ3v) is 9.42. The Morgan fingerprint density at radius 3 is 2.83 bits per heavy atom. The van der Waals surface area contributed by atoms with Crippen molar-refractivity contribution in [3.8, 4) is 0 Å². The Hall–Kier alpha value is -2.69. The van der Waals surface area contributed by atoms with E-state index >= 15 is 0 Å². The van der Waals surface area contributed by atoms with Gasteiger partial charge < -0.3 is 10.2 Å². The molecule has 2 saturated carbocycles. The van der Waals surface area contributed by atoms with E-state index in [2.05, 4.69) is 30.7 Å². The van der Waals surface area contributed by atoms with Crippen molar-refractivity contribution in [3.63, 3.8) is 0 Å². The quantitative estimate of drug-likeness (QED) is 0.503. The van der Waals surface area contributed by atoms with E-state index in [9.17, 15) is 17.6 Å². The average molecular weight is 505 g/mol. The highest BCUT2D eigenvalue weighted by Crippen LogP contribution is 2.74. The zero-order valence-electron chi connectivity index (χ0n) is 19.0. The number of aromatic nitrogens is 4. The van der Waals surface area contributed by atoms with Crippen molar-refractivity contribution in [1.29, 1.82) is 0 Å². The van der Waals surface area contributed by atoms with Crippen LogP contribution in [0.25, 0.3) is 0 Å². The Morgan fingerprint density at radius 2 is 2.06 bits per heavy atom. The van der Waals surface area contributed by atoms with E-state index in [4.69, 9.17) is 0 Å². The van der Waals surface area contributed by atoms with Gasteiger partial charge in [-0.05, 0) is 78.9 Å². The van der Waals surface area contributed by atoms with Crippen molar-refractivity contribution in [3.05, 3.63) is 52.7 Å². The van der Waals surface area contributed by atoms with Gasteiger partial charge in [0.15, 0.2) is 0 Å². The Kier molecular flexibility index (Phi) is 4.43. The minimum absolute atomic E-state index is 0.0615. The zero-order valence-corrected chi connectivity index (χ0v) is 19.8. The molecular weight excluding hydrogens is 480 g/mol. The van der Waals surface area contributed by atoms with Crippen molar-refractivity contribution >= 4 is 22.5 Å². The standard InChI is InChI=1S/C24H24F4N6S/c1-12-7-19(35-32-12)33-10-18-20(17-9-23(17,18)11-33)29-22-30-21-14(3-2-6-34(21)31-22)15-8-13(25)4-5-16(15)24(26,27)28/h4-5,7-8,14,17-18,20H,2-3,6,9-11H2,1H3,(H,29,31)/t14?,17?,18-,20+,23?/m0/s1. The Morgan fingerprint density at radius 1 is 1.20 bits per heavy atom. The van der Waals surface area contributed by atoms with Crippen LogP contribution in [0.2, 0.25) is 0 Å². The zero-order chi connectivity index (χ0) is 24.1. The molecule has 4 heterocycles. The van der Waals surface area contributed by atoms with Gasteiger partial charge in [0.05, 0.1) is 11.3 Å². The molecule has 1 N–H and O–H groups in total. The lowest BCUT2D eigenvalue weighted by molar-refractivity contribution is -0.138. The van der Waals surface area contributed by atoms with Gasteiger partial charge in [0.25, 0.3) is 0 Å². The fourth-order valence-corrected chi connectivity index (χ4v) is 7.60. The van der Waals surface area contributed by atoms with Crippen molar-refractivity contribution in [1.82, 2.24) is 19.1 Å². The number of anilines is 2. The molecule has 7 rings (SSSR count). The third-order valence-electron chi connectivity index (χ3n) is 8.48. The van der Waals surface area contributed by atoms with Crippen LogP contribution < -0.4 is 10.2 Å². The molecule has 184 valence electrons. The Balaban J connectivity index is 1.14. The van der Waals surface area contributed by atoms with Gasteiger partial charge in [-0.15, -0.1) is 5.10 Å². The molecule has 3 fully saturated rings. The number of benzene rings is 1. The Bertz CT molecular complexity index is 1320. The van der Waals surface area contributed by atoms with Gasteiger partial charge >= 0.3 is 6.18 Å². The minimum atomic E-state index is -4.56. The summed E-state index contributed by atoms with van der Waals surface area (Å²) in [6.07, 6.45) is -2.24. The van der Waals surface area contributed by atoms with E-state index in [1.807, 2.05) is 6.92 Å². The highest BCUT2D eigenvalue weighted by Gasteiger charge is 2.76. The lowest BCUT2D eigenvalue weighted by Crippen LogP contribution is -2.47. The molecule has 1 spiro atoms. The minimum Gasteiger partial charge on any atom is -0.361 e. The first-order chi connectivity index (χ1) is 16.7. The van der Waals surface area contributed by atoms with Crippen molar-refractivity contribution in [2.24, 2.45) is 17.3 Å². The van der Waals surface area contributed by atoms with Gasteiger partial charge in [0.1, 0.15) is 16.6 Å². The molecule has 2 aliphatic carbocycles. The second-order valence-corrected chi connectivity index (χ2v) is 11.2. The SMILES string of the molecule is Cc1cc(N2C[C@H]3[C@H](Nc4nc5n(n4)CCCC5c4cc(F)ccc4C(F)(F)F)C4CC43C2)sn1. The van der Waals surface area contributed by atoms with E-state index in [1.165, 1.54) is 11.4 Å². The molecular formula is C24H24F4N6S. The maximum absolute atomic E-state index is 14.0. The number of nitrogens with one attached hydrogen (secondary N) is 1. The number of hydrogen-bond acceptors (Lipinski definition) is 6. The van der Waals surface area contributed by atoms with Gasteiger partial charge in [-0.3, -0.25) is 0 Å². The third kappa shape index (κ3) is 3.23. The van der Waals surface area contributed by atoms with Crippen LogP contribution >= 0.6 is 11.5 Å². The molecule has 11 heteroatoms. The van der Waals surface area contributed by atoms with Crippen molar-refractivity contribution in [2.75, 3.05) is 23.3 Å². The van der Waals surface area contributed by atoms with Gasteiger partial charge in [0.2, 0.25) is 5.95 Å². The molecule has 2 aromatic heterocycles. The van der Waals surface area contributed by atoms with E-state index in [-0.39, 0.29) is 11.6 Å². The first-order valence-electron chi connectivity index (χ1n) is 12.0. The summed E-state index contributed by atoms with van der Waals surface area (Å²) in [6.45, 7) is 4.62. The summed E-state index contributed by atoms with van der Waals surface area (Å²) in [5.41, 5.74) is 0.535. The Labute approximate surface area is 203 Å². The van der Waals surface area contributed by atoms with Gasteiger partial charge in [-0.2, -0.15) is 22.5 Å². The predicted octanol–water partition coefficient (Wildman–Crippen LogP) is 5.06. The van der Waals surface area contributed by atoms with Gasteiger partial charge in [-0.25, -0.2) is 9.07 Å². The molecule has 5 atom stereocenters. The summed E-state index contributed by atoms with van der Waals surface area (Å²) in [7, 11) is 0. The summed E-state index contributed by atoms with van der Waals surface area (Å²) >= 11 is 1.54. The van der Waals surface area contributed by atoms with Crippen molar-refractivity contribution < 1.29 is 17.6 Å². The molecule has 0 amide bonds. The summed E-state index contributed by atoms with van der Waals surface area (Å²) in [5, 5.41) is 9.34. The van der Waals surface area contributed by atoms with Gasteiger partial charge in [-0.1, -0.05) is 0 Å². The van der Waals surface area contributed by atoms with Crippen LogP contribution in [-0.2, 0) is 12.7 Å². The predicted molar refractivity (Wildman–Crippen MR) is 123 cm³/mol. The first-order valence-corrected chi connectivity index (χ1v) is 12.8. The summed E-state index contributed by atoms with van der Waals surface area (Å²) in [4.78, 5) is 7.09. The number of fused-ring (bicyclic) bond motifs is 1. The van der Waals surface area contributed by atoms with Crippen LogP contribution in [0.1, 0.15) is 47.8 Å². The molecule has 35 heavy (non-hydrogen) atoms. The van der Waals surface area contributed by atoms with Gasteiger partial charge in [0, 0.05) is 37.5 Å². The summed E-state index contributed by atoms with van der Waals surface area (Å²) in [5.74, 6) is 0.689. The molecule has 0 radical (unpaired) electrons. The molecule has 3 aromatic rings. The maximum Gasteiger partial charge on any atom is 0.416 e. The van der Waals surface area contributed by atoms with E-state index < -0.39 is 23.5 Å². The monoisotopic (exact) mass is 504 g/mol. The maximum atomic E-state index is 14.0. The molecule has 6 nitrogen and oxygen atoms in total. The summed E-state index contributed by atoms with van der Waals surface area (Å²) in [6, 6.07) is 5.10. The number of hydrogen-bond donors (Lipinski definition) is 1. The fraction of sp³-hybridized carbons (Fsp3) is 0.542. The van der Waals surface area contributed by atoms with E-state index in [0.29, 0.717) is 48.4 Å². The number of halogens is 4.